The van der Waals surface area contributed by atoms with Crippen LogP contribution in [0.3, 0.4) is 0 Å². The van der Waals surface area contributed by atoms with Crippen LogP contribution >= 0.6 is 0 Å². The van der Waals surface area contributed by atoms with Gasteiger partial charge >= 0.3 is 5.97 Å². The van der Waals surface area contributed by atoms with E-state index in [0.29, 0.717) is 13.2 Å². The van der Waals surface area contributed by atoms with E-state index in [2.05, 4.69) is 0 Å². The fourth-order valence-corrected chi connectivity index (χ4v) is 1.09. The molecule has 0 bridgehead atoms. The van der Waals surface area contributed by atoms with Gasteiger partial charge in [-0.2, -0.15) is 0 Å². The number of benzene rings is 1. The topological polar surface area (TPSA) is 55.8 Å². The van der Waals surface area contributed by atoms with Crippen LogP contribution in [-0.2, 0) is 9.53 Å². The summed E-state index contributed by atoms with van der Waals surface area (Å²) in [5.41, 5.74) is 0.821. The third-order valence-electron chi connectivity index (χ3n) is 1.85. The number of carbonyl (C=O) groups is 1. The highest BCUT2D eigenvalue weighted by Gasteiger charge is 1.94. The maximum atomic E-state index is 10.3. The number of hydrogen-bond donors (Lipinski definition) is 1. The van der Waals surface area contributed by atoms with Gasteiger partial charge in [-0.3, -0.25) is 0 Å². The van der Waals surface area contributed by atoms with Gasteiger partial charge < -0.3 is 14.6 Å². The summed E-state index contributed by atoms with van der Waals surface area (Å²) in [6, 6.07) is 7.16. The summed E-state index contributed by atoms with van der Waals surface area (Å²) >= 11 is 0. The Morgan fingerprint density at radius 1 is 1.31 bits per heavy atom. The fraction of sp³-hybridized carbons (Fsp3) is 0.250. The SMILES string of the molecule is COCCOc1ccc(C=CC(=O)O)cc1. The van der Waals surface area contributed by atoms with Crippen molar-refractivity contribution in [3.8, 4) is 5.75 Å². The second kappa shape index (κ2) is 6.63. The van der Waals surface area contributed by atoms with Crippen LogP contribution < -0.4 is 4.74 Å². The lowest BCUT2D eigenvalue weighted by atomic mass is 10.2. The van der Waals surface area contributed by atoms with Gasteiger partial charge in [0.15, 0.2) is 0 Å². The van der Waals surface area contributed by atoms with Crippen molar-refractivity contribution in [1.82, 2.24) is 0 Å². The molecule has 1 rings (SSSR count). The minimum atomic E-state index is -0.958. The van der Waals surface area contributed by atoms with Crippen molar-refractivity contribution < 1.29 is 19.4 Å². The van der Waals surface area contributed by atoms with Crippen molar-refractivity contribution >= 4 is 12.0 Å². The standard InChI is InChI=1S/C12H14O4/c1-15-8-9-16-11-5-2-10(3-6-11)4-7-12(13)14/h2-7H,8-9H2,1H3,(H,13,14). The minimum Gasteiger partial charge on any atom is -0.491 e. The maximum Gasteiger partial charge on any atom is 0.328 e. The van der Waals surface area contributed by atoms with E-state index >= 15 is 0 Å². The average Bonchev–Trinajstić information content (AvgIpc) is 2.28. The lowest BCUT2D eigenvalue weighted by Gasteiger charge is -2.04. The molecule has 0 saturated carbocycles. The molecule has 0 aliphatic carbocycles. The normalized spacial score (nSPS) is 10.6. The van der Waals surface area contributed by atoms with E-state index in [-0.39, 0.29) is 0 Å². The van der Waals surface area contributed by atoms with Crippen molar-refractivity contribution in [3.05, 3.63) is 35.9 Å². The summed E-state index contributed by atoms with van der Waals surface area (Å²) in [5.74, 6) is -0.218. The zero-order valence-electron chi connectivity index (χ0n) is 9.05. The third-order valence-corrected chi connectivity index (χ3v) is 1.85. The molecule has 0 aromatic heterocycles. The van der Waals surface area contributed by atoms with Gasteiger partial charge in [0.05, 0.1) is 6.61 Å². The van der Waals surface area contributed by atoms with Gasteiger partial charge in [0, 0.05) is 13.2 Å². The fourth-order valence-electron chi connectivity index (χ4n) is 1.09. The zero-order chi connectivity index (χ0) is 11.8. The molecule has 86 valence electrons. The molecular weight excluding hydrogens is 208 g/mol. The van der Waals surface area contributed by atoms with Crippen LogP contribution in [0.2, 0.25) is 0 Å². The third kappa shape index (κ3) is 4.61. The van der Waals surface area contributed by atoms with Crippen molar-refractivity contribution in [3.63, 3.8) is 0 Å². The van der Waals surface area contributed by atoms with E-state index in [1.54, 1.807) is 31.4 Å². The first-order valence-electron chi connectivity index (χ1n) is 4.85. The average molecular weight is 222 g/mol. The molecule has 0 heterocycles. The van der Waals surface area contributed by atoms with E-state index in [1.807, 2.05) is 0 Å². The van der Waals surface area contributed by atoms with Crippen molar-refractivity contribution in [1.29, 1.82) is 0 Å². The predicted octanol–water partition coefficient (Wildman–Crippen LogP) is 1.81. The van der Waals surface area contributed by atoms with E-state index in [4.69, 9.17) is 14.6 Å². The molecule has 4 heteroatoms. The summed E-state index contributed by atoms with van der Waals surface area (Å²) < 4.78 is 10.2. The monoisotopic (exact) mass is 222 g/mol. The number of rotatable bonds is 6. The van der Waals surface area contributed by atoms with Crippen LogP contribution in [0, 0.1) is 0 Å². The summed E-state index contributed by atoms with van der Waals surface area (Å²) in [6.07, 6.45) is 2.63. The first-order chi connectivity index (χ1) is 7.72. The molecular formula is C12H14O4. The van der Waals surface area contributed by atoms with E-state index in [9.17, 15) is 4.79 Å². The highest BCUT2D eigenvalue weighted by molar-refractivity contribution is 5.85. The van der Waals surface area contributed by atoms with Gasteiger partial charge in [-0.25, -0.2) is 4.79 Å². The number of hydrogen-bond acceptors (Lipinski definition) is 3. The highest BCUT2D eigenvalue weighted by Crippen LogP contribution is 2.12. The van der Waals surface area contributed by atoms with Gasteiger partial charge in [-0.15, -0.1) is 0 Å². The number of carboxylic acid groups (broad SMARTS) is 1. The van der Waals surface area contributed by atoms with Crippen molar-refractivity contribution in [2.24, 2.45) is 0 Å². The molecule has 0 aliphatic rings. The molecule has 1 N–H and O–H groups in total. The molecule has 4 nitrogen and oxygen atoms in total. The molecule has 0 unspecified atom stereocenters. The molecule has 0 amide bonds. The quantitative estimate of drug-likeness (QED) is 0.589. The Hall–Kier alpha value is -1.81. The predicted molar refractivity (Wildman–Crippen MR) is 60.5 cm³/mol. The summed E-state index contributed by atoms with van der Waals surface area (Å²) in [6.45, 7) is 1.04. The van der Waals surface area contributed by atoms with Gasteiger partial charge in [-0.05, 0) is 23.8 Å². The molecule has 0 saturated heterocycles. The lowest BCUT2D eigenvalue weighted by molar-refractivity contribution is -0.131. The summed E-state index contributed by atoms with van der Waals surface area (Å²) in [4.78, 5) is 10.3. The molecule has 0 aliphatic heterocycles. The van der Waals surface area contributed by atoms with Gasteiger partial charge in [0.1, 0.15) is 12.4 Å². The smallest absolute Gasteiger partial charge is 0.328 e. The molecule has 0 spiro atoms. The Morgan fingerprint density at radius 3 is 2.56 bits per heavy atom. The number of methoxy groups -OCH3 is 1. The van der Waals surface area contributed by atoms with Crippen LogP contribution in [0.5, 0.6) is 5.75 Å². The number of aliphatic carboxylic acids is 1. The van der Waals surface area contributed by atoms with Crippen LogP contribution in [-0.4, -0.2) is 31.4 Å². The van der Waals surface area contributed by atoms with E-state index < -0.39 is 5.97 Å². The molecule has 0 radical (unpaired) electrons. The highest BCUT2D eigenvalue weighted by atomic mass is 16.5. The summed E-state index contributed by atoms with van der Waals surface area (Å²) in [5, 5.41) is 8.45. The van der Waals surface area contributed by atoms with Crippen molar-refractivity contribution in [2.75, 3.05) is 20.3 Å². The van der Waals surface area contributed by atoms with Crippen LogP contribution in [0.15, 0.2) is 30.3 Å². The Bertz CT molecular complexity index is 354. The van der Waals surface area contributed by atoms with Gasteiger partial charge in [0.25, 0.3) is 0 Å². The van der Waals surface area contributed by atoms with Crippen molar-refractivity contribution in [2.45, 2.75) is 0 Å². The molecule has 16 heavy (non-hydrogen) atoms. The van der Waals surface area contributed by atoms with Gasteiger partial charge in [-0.1, -0.05) is 12.1 Å². The Labute approximate surface area is 94.1 Å². The molecule has 0 atom stereocenters. The van der Waals surface area contributed by atoms with Crippen LogP contribution in [0.25, 0.3) is 6.08 Å². The second-order valence-corrected chi connectivity index (χ2v) is 3.08. The Morgan fingerprint density at radius 2 is 2.00 bits per heavy atom. The minimum absolute atomic E-state index is 0.501. The maximum absolute atomic E-state index is 10.3. The van der Waals surface area contributed by atoms with Crippen LogP contribution in [0.1, 0.15) is 5.56 Å². The molecule has 0 fully saturated rings. The molecule has 1 aromatic carbocycles. The number of ether oxygens (including phenoxy) is 2. The number of carboxylic acids is 1. The second-order valence-electron chi connectivity index (χ2n) is 3.08. The van der Waals surface area contributed by atoms with E-state index in [1.165, 1.54) is 6.08 Å². The largest absolute Gasteiger partial charge is 0.491 e. The zero-order valence-corrected chi connectivity index (χ0v) is 9.05. The Balaban J connectivity index is 2.51. The first kappa shape index (κ1) is 12.3. The Kier molecular flexibility index (Phi) is 5.08. The lowest BCUT2D eigenvalue weighted by Crippen LogP contribution is -2.03. The van der Waals surface area contributed by atoms with E-state index in [0.717, 1.165) is 17.4 Å². The molecule has 1 aromatic rings. The summed E-state index contributed by atoms with van der Waals surface area (Å²) in [7, 11) is 1.61. The van der Waals surface area contributed by atoms with Crippen LogP contribution in [0.4, 0.5) is 0 Å². The van der Waals surface area contributed by atoms with Gasteiger partial charge in [0.2, 0.25) is 0 Å². The first-order valence-corrected chi connectivity index (χ1v) is 4.85.